The molecule has 136 valence electrons. The number of nitrogens with zero attached hydrogens (tertiary/aromatic N) is 4. The second-order valence-corrected chi connectivity index (χ2v) is 8.25. The van der Waals surface area contributed by atoms with Gasteiger partial charge in [-0.25, -0.2) is 4.98 Å². The normalized spacial score (nSPS) is 32.7. The first kappa shape index (κ1) is 16.1. The summed E-state index contributed by atoms with van der Waals surface area (Å²) < 4.78 is 0. The topological polar surface area (TPSA) is 58.3 Å². The molecule has 4 aliphatic heterocycles. The van der Waals surface area contributed by atoms with E-state index in [0.717, 1.165) is 24.0 Å². The molecule has 6 rings (SSSR count). The van der Waals surface area contributed by atoms with Crippen molar-refractivity contribution in [3.05, 3.63) is 47.2 Å². The van der Waals surface area contributed by atoms with Gasteiger partial charge >= 0.3 is 0 Å². The number of aromatic nitrogens is 2. The van der Waals surface area contributed by atoms with E-state index in [2.05, 4.69) is 57.0 Å². The van der Waals surface area contributed by atoms with Gasteiger partial charge in [0.25, 0.3) is 0 Å². The standard InChI is InChI=1S/C21H27N5/c1-13-3-5-15(6-4-13)17-12-26(18-11-14(2)23-21(22)24-18)19-16-7-9-25(10-8-16)20(17)19/h3-6,11,16-17,19-20H,7-10,12H2,1-2H3,(H2,22,23,24)/t17-,19-,20-/m0/s1. The molecule has 4 fully saturated rings. The van der Waals surface area contributed by atoms with Crippen LogP contribution in [0.1, 0.15) is 35.6 Å². The first-order chi connectivity index (χ1) is 12.6. The smallest absolute Gasteiger partial charge is 0.222 e. The summed E-state index contributed by atoms with van der Waals surface area (Å²) in [4.78, 5) is 14.1. The van der Waals surface area contributed by atoms with E-state index in [1.807, 2.05) is 6.92 Å². The summed E-state index contributed by atoms with van der Waals surface area (Å²) in [5.74, 6) is 2.68. The molecule has 1 aromatic heterocycles. The zero-order valence-electron chi connectivity index (χ0n) is 15.6. The number of piperidine rings is 3. The number of aryl methyl sites for hydroxylation is 2. The molecule has 0 amide bonds. The van der Waals surface area contributed by atoms with Gasteiger partial charge in [-0.2, -0.15) is 4.98 Å². The molecule has 0 aliphatic carbocycles. The summed E-state index contributed by atoms with van der Waals surface area (Å²) in [6.45, 7) is 7.66. The first-order valence-corrected chi connectivity index (χ1v) is 9.78. The molecule has 4 aliphatic rings. The van der Waals surface area contributed by atoms with E-state index in [0.29, 0.717) is 23.9 Å². The average molecular weight is 349 g/mol. The van der Waals surface area contributed by atoms with Crippen molar-refractivity contribution < 1.29 is 0 Å². The zero-order valence-corrected chi connectivity index (χ0v) is 15.6. The lowest BCUT2D eigenvalue weighted by atomic mass is 9.75. The van der Waals surface area contributed by atoms with Gasteiger partial charge in [0.15, 0.2) is 0 Å². The minimum absolute atomic E-state index is 0.386. The van der Waals surface area contributed by atoms with Gasteiger partial charge in [-0.15, -0.1) is 0 Å². The highest BCUT2D eigenvalue weighted by Gasteiger charge is 2.53. The van der Waals surface area contributed by atoms with Gasteiger partial charge < -0.3 is 10.6 Å². The SMILES string of the molecule is Cc1ccc([C@@H]2CN(c3cc(C)nc(N)n3)[C@H]3C4CCN(CC4)[C@@H]23)cc1. The molecule has 0 radical (unpaired) electrons. The van der Waals surface area contributed by atoms with E-state index < -0.39 is 0 Å². The maximum atomic E-state index is 5.97. The van der Waals surface area contributed by atoms with Crippen molar-refractivity contribution >= 4 is 11.8 Å². The predicted octanol–water partition coefficient (Wildman–Crippen LogP) is 2.74. The van der Waals surface area contributed by atoms with E-state index in [1.165, 1.54) is 37.1 Å². The fourth-order valence-corrected chi connectivity index (χ4v) is 5.51. The Morgan fingerprint density at radius 2 is 1.73 bits per heavy atom. The lowest BCUT2D eigenvalue weighted by molar-refractivity contribution is 0.0354. The highest BCUT2D eigenvalue weighted by molar-refractivity contribution is 5.49. The molecule has 5 heterocycles. The van der Waals surface area contributed by atoms with Crippen LogP contribution in [0, 0.1) is 19.8 Å². The molecule has 1 aromatic carbocycles. The quantitative estimate of drug-likeness (QED) is 0.903. The Morgan fingerprint density at radius 3 is 2.42 bits per heavy atom. The van der Waals surface area contributed by atoms with Crippen LogP contribution in [0.2, 0.25) is 0 Å². The Kier molecular flexibility index (Phi) is 3.67. The molecule has 2 aromatic rings. The van der Waals surface area contributed by atoms with Crippen molar-refractivity contribution in [2.45, 2.75) is 44.7 Å². The Hall–Kier alpha value is -2.14. The number of nitrogens with two attached hydrogens (primary N) is 1. The third kappa shape index (κ3) is 2.49. The number of benzene rings is 1. The summed E-state index contributed by atoms with van der Waals surface area (Å²) in [7, 11) is 0. The number of hydrogen-bond acceptors (Lipinski definition) is 5. The molecule has 5 heteroatoms. The maximum absolute atomic E-state index is 5.97. The van der Waals surface area contributed by atoms with Gasteiger partial charge in [0.2, 0.25) is 5.95 Å². The molecular formula is C21H27N5. The van der Waals surface area contributed by atoms with Crippen LogP contribution >= 0.6 is 0 Å². The molecule has 5 nitrogen and oxygen atoms in total. The lowest BCUT2D eigenvalue weighted by Gasteiger charge is -2.51. The predicted molar refractivity (Wildman–Crippen MR) is 104 cm³/mol. The number of hydrogen-bond donors (Lipinski definition) is 1. The van der Waals surface area contributed by atoms with Gasteiger partial charge in [0, 0.05) is 36.3 Å². The summed E-state index contributed by atoms with van der Waals surface area (Å²) in [6, 6.07) is 12.4. The van der Waals surface area contributed by atoms with E-state index in [9.17, 15) is 0 Å². The lowest BCUT2D eigenvalue weighted by Crippen LogP contribution is -2.60. The van der Waals surface area contributed by atoms with Crippen LogP contribution in [0.5, 0.6) is 0 Å². The van der Waals surface area contributed by atoms with Crippen LogP contribution < -0.4 is 10.6 Å². The largest absolute Gasteiger partial charge is 0.368 e. The molecular weight excluding hydrogens is 322 g/mol. The number of rotatable bonds is 2. The Labute approximate surface area is 155 Å². The van der Waals surface area contributed by atoms with Crippen LogP contribution in [-0.4, -0.2) is 46.6 Å². The minimum Gasteiger partial charge on any atom is -0.368 e. The third-order valence-electron chi connectivity index (χ3n) is 6.65. The molecule has 2 N–H and O–H groups in total. The molecule has 4 saturated heterocycles. The van der Waals surface area contributed by atoms with E-state index in [1.54, 1.807) is 0 Å². The van der Waals surface area contributed by atoms with Crippen LogP contribution in [0.4, 0.5) is 11.8 Å². The van der Waals surface area contributed by atoms with Gasteiger partial charge in [0.05, 0.1) is 0 Å². The molecule has 0 unspecified atom stereocenters. The van der Waals surface area contributed by atoms with Crippen LogP contribution in [0.15, 0.2) is 30.3 Å². The fraction of sp³-hybridized carbons (Fsp3) is 0.524. The summed E-state index contributed by atoms with van der Waals surface area (Å²) in [5, 5.41) is 0. The second kappa shape index (κ2) is 5.95. The molecule has 3 atom stereocenters. The van der Waals surface area contributed by atoms with E-state index >= 15 is 0 Å². The van der Waals surface area contributed by atoms with Crippen LogP contribution in [-0.2, 0) is 0 Å². The molecule has 2 bridgehead atoms. The van der Waals surface area contributed by atoms with E-state index in [-0.39, 0.29) is 0 Å². The zero-order chi connectivity index (χ0) is 17.8. The highest BCUT2D eigenvalue weighted by atomic mass is 15.3. The van der Waals surface area contributed by atoms with Crippen molar-refractivity contribution in [3.63, 3.8) is 0 Å². The summed E-state index contributed by atoms with van der Waals surface area (Å²) >= 11 is 0. The fourth-order valence-electron chi connectivity index (χ4n) is 5.51. The number of fused-ring (bicyclic) bond motifs is 2. The summed E-state index contributed by atoms with van der Waals surface area (Å²) in [5.41, 5.74) is 9.70. The van der Waals surface area contributed by atoms with Crippen molar-refractivity contribution in [1.82, 2.24) is 14.9 Å². The average Bonchev–Trinajstić information content (AvgIpc) is 3.05. The third-order valence-corrected chi connectivity index (χ3v) is 6.65. The molecule has 0 saturated carbocycles. The summed E-state index contributed by atoms with van der Waals surface area (Å²) in [6.07, 6.45) is 2.61. The maximum Gasteiger partial charge on any atom is 0.222 e. The number of nitrogen functional groups attached to an aromatic ring is 1. The minimum atomic E-state index is 0.386. The number of anilines is 2. The molecule has 26 heavy (non-hydrogen) atoms. The van der Waals surface area contributed by atoms with Crippen molar-refractivity contribution in [2.24, 2.45) is 5.92 Å². The van der Waals surface area contributed by atoms with Crippen molar-refractivity contribution in [2.75, 3.05) is 30.3 Å². The first-order valence-electron chi connectivity index (χ1n) is 9.78. The molecule has 0 spiro atoms. The van der Waals surface area contributed by atoms with Gasteiger partial charge in [0.1, 0.15) is 5.82 Å². The van der Waals surface area contributed by atoms with Gasteiger partial charge in [-0.3, -0.25) is 4.90 Å². The van der Waals surface area contributed by atoms with E-state index in [4.69, 9.17) is 5.73 Å². The van der Waals surface area contributed by atoms with Crippen LogP contribution in [0.25, 0.3) is 0 Å². The highest BCUT2D eigenvalue weighted by Crippen LogP contribution is 2.47. The van der Waals surface area contributed by atoms with Crippen molar-refractivity contribution in [3.8, 4) is 0 Å². The van der Waals surface area contributed by atoms with Gasteiger partial charge in [-0.1, -0.05) is 29.8 Å². The second-order valence-electron chi connectivity index (χ2n) is 8.25. The Bertz CT molecular complexity index is 789. The Morgan fingerprint density at radius 1 is 1.00 bits per heavy atom. The Balaban J connectivity index is 1.57. The van der Waals surface area contributed by atoms with Crippen LogP contribution in [0.3, 0.4) is 0 Å². The monoisotopic (exact) mass is 349 g/mol. The van der Waals surface area contributed by atoms with Crippen molar-refractivity contribution in [1.29, 1.82) is 0 Å². The van der Waals surface area contributed by atoms with Gasteiger partial charge in [-0.05, 0) is 51.3 Å².